The number of carbonyl (C=O) groups excluding carboxylic acids is 1. The van der Waals surface area contributed by atoms with E-state index in [0.717, 1.165) is 110 Å². The molecular weight excluding hydrogens is 492 g/mol. The SMILES string of the molecule is N#C/N=C(\NCCCCCCCCN(CCCN1CCOCC1)C(=O)NC1CCCCC1)Nc1ccncc1. The highest BCUT2D eigenvalue weighted by Gasteiger charge is 2.20. The smallest absolute Gasteiger partial charge is 0.317 e. The number of pyridine rings is 1. The van der Waals surface area contributed by atoms with Gasteiger partial charge < -0.3 is 25.6 Å². The molecule has 10 heteroatoms. The predicted octanol–water partition coefficient (Wildman–Crippen LogP) is 4.33. The van der Waals surface area contributed by atoms with Crippen molar-refractivity contribution in [2.45, 2.75) is 83.1 Å². The molecule has 1 aliphatic carbocycles. The van der Waals surface area contributed by atoms with Gasteiger partial charge in [-0.15, -0.1) is 4.99 Å². The van der Waals surface area contributed by atoms with Crippen LogP contribution < -0.4 is 16.0 Å². The summed E-state index contributed by atoms with van der Waals surface area (Å²) in [6.07, 6.45) is 18.9. The summed E-state index contributed by atoms with van der Waals surface area (Å²) in [6, 6.07) is 4.14. The van der Waals surface area contributed by atoms with Gasteiger partial charge in [-0.05, 0) is 44.2 Å². The minimum atomic E-state index is 0.130. The van der Waals surface area contributed by atoms with Crippen molar-refractivity contribution in [2.24, 2.45) is 4.99 Å². The topological polar surface area (TPSA) is 118 Å². The summed E-state index contributed by atoms with van der Waals surface area (Å²) in [5.41, 5.74) is 0.842. The lowest BCUT2D eigenvalue weighted by molar-refractivity contribution is 0.0364. The molecule has 0 radical (unpaired) electrons. The second kappa shape index (κ2) is 19.2. The first kappa shape index (κ1) is 30.6. The number of carbonyl (C=O) groups is 1. The van der Waals surface area contributed by atoms with Crippen LogP contribution in [0.4, 0.5) is 10.5 Å². The fourth-order valence-corrected chi connectivity index (χ4v) is 5.21. The number of morpholine rings is 1. The molecule has 0 aromatic carbocycles. The van der Waals surface area contributed by atoms with Gasteiger partial charge in [-0.2, -0.15) is 5.26 Å². The molecule has 1 aliphatic heterocycles. The first-order valence-electron chi connectivity index (χ1n) is 15.0. The quantitative estimate of drug-likeness (QED) is 0.131. The maximum atomic E-state index is 13.1. The zero-order chi connectivity index (χ0) is 27.4. The number of hydrogen-bond acceptors (Lipinski definition) is 6. The average molecular weight is 541 g/mol. The van der Waals surface area contributed by atoms with E-state index >= 15 is 0 Å². The Hall–Kier alpha value is -2.90. The Morgan fingerprint density at radius 2 is 1.72 bits per heavy atom. The number of guanidine groups is 1. The van der Waals surface area contributed by atoms with Crippen LogP contribution in [0, 0.1) is 11.5 Å². The number of aliphatic imine (C=N–C) groups is 1. The Kier molecular flexibility index (Phi) is 15.1. The summed E-state index contributed by atoms with van der Waals surface area (Å²) in [6.45, 7) is 7.08. The van der Waals surface area contributed by atoms with Gasteiger partial charge in [0.05, 0.1) is 13.2 Å². The lowest BCUT2D eigenvalue weighted by Gasteiger charge is -2.30. The minimum Gasteiger partial charge on any atom is -0.379 e. The average Bonchev–Trinajstić information content (AvgIpc) is 2.97. The fourth-order valence-electron chi connectivity index (χ4n) is 5.21. The molecule has 0 atom stereocenters. The Bertz CT molecular complexity index is 864. The van der Waals surface area contributed by atoms with Crippen molar-refractivity contribution >= 4 is 17.7 Å². The molecule has 39 heavy (non-hydrogen) atoms. The van der Waals surface area contributed by atoms with Gasteiger partial charge in [0.15, 0.2) is 0 Å². The Morgan fingerprint density at radius 3 is 2.46 bits per heavy atom. The van der Waals surface area contributed by atoms with Gasteiger partial charge in [-0.25, -0.2) is 4.79 Å². The van der Waals surface area contributed by atoms with E-state index in [-0.39, 0.29) is 6.03 Å². The summed E-state index contributed by atoms with van der Waals surface area (Å²) in [7, 11) is 0. The highest BCUT2D eigenvalue weighted by molar-refractivity contribution is 5.94. The Labute approximate surface area is 234 Å². The molecule has 3 rings (SSSR count). The molecule has 0 spiro atoms. The van der Waals surface area contributed by atoms with Crippen LogP contribution in [0.1, 0.15) is 77.0 Å². The number of nitriles is 1. The van der Waals surface area contributed by atoms with Gasteiger partial charge >= 0.3 is 6.03 Å². The van der Waals surface area contributed by atoms with Crippen LogP contribution in [0.2, 0.25) is 0 Å². The molecule has 216 valence electrons. The molecule has 1 aromatic rings. The highest BCUT2D eigenvalue weighted by Crippen LogP contribution is 2.18. The maximum absolute atomic E-state index is 13.1. The zero-order valence-corrected chi connectivity index (χ0v) is 23.6. The number of amides is 2. The second-order valence-corrected chi connectivity index (χ2v) is 10.5. The summed E-state index contributed by atoms with van der Waals surface area (Å²) in [5.74, 6) is 0.462. The monoisotopic (exact) mass is 540 g/mol. The molecular formula is C29H48N8O2. The van der Waals surface area contributed by atoms with Crippen LogP contribution in [0.5, 0.6) is 0 Å². The van der Waals surface area contributed by atoms with Crippen molar-refractivity contribution in [2.75, 3.05) is 57.8 Å². The van der Waals surface area contributed by atoms with Crippen molar-refractivity contribution in [3.8, 4) is 6.19 Å². The molecule has 2 amide bonds. The second-order valence-electron chi connectivity index (χ2n) is 10.5. The minimum absolute atomic E-state index is 0.130. The van der Waals surface area contributed by atoms with Crippen LogP contribution in [-0.2, 0) is 4.74 Å². The number of rotatable bonds is 15. The van der Waals surface area contributed by atoms with Gasteiger partial charge in [-0.1, -0.05) is 44.9 Å². The number of aromatic nitrogens is 1. The fraction of sp³-hybridized carbons (Fsp3) is 0.724. The summed E-state index contributed by atoms with van der Waals surface area (Å²) >= 11 is 0. The van der Waals surface area contributed by atoms with Gasteiger partial charge in [0.1, 0.15) is 0 Å². The first-order chi connectivity index (χ1) is 19.2. The van der Waals surface area contributed by atoms with Crippen molar-refractivity contribution < 1.29 is 9.53 Å². The third kappa shape index (κ3) is 13.1. The maximum Gasteiger partial charge on any atom is 0.317 e. The third-order valence-corrected chi connectivity index (χ3v) is 7.48. The molecule has 1 saturated heterocycles. The van der Waals surface area contributed by atoms with Crippen LogP contribution in [-0.4, -0.2) is 85.3 Å². The molecule has 1 aromatic heterocycles. The van der Waals surface area contributed by atoms with Gasteiger partial charge in [0.2, 0.25) is 12.2 Å². The van der Waals surface area contributed by atoms with E-state index in [2.05, 4.69) is 35.7 Å². The third-order valence-electron chi connectivity index (χ3n) is 7.48. The lowest BCUT2D eigenvalue weighted by Crippen LogP contribution is -2.47. The van der Waals surface area contributed by atoms with Crippen LogP contribution >= 0.6 is 0 Å². The van der Waals surface area contributed by atoms with E-state index in [1.807, 2.05) is 18.3 Å². The number of urea groups is 1. The molecule has 10 nitrogen and oxygen atoms in total. The van der Waals surface area contributed by atoms with Gasteiger partial charge in [0.25, 0.3) is 0 Å². The van der Waals surface area contributed by atoms with Gasteiger partial charge in [-0.3, -0.25) is 9.88 Å². The normalized spacial score (nSPS) is 16.8. The van der Waals surface area contributed by atoms with E-state index in [1.54, 1.807) is 12.4 Å². The predicted molar refractivity (Wildman–Crippen MR) is 155 cm³/mol. The standard InChI is InChI=1S/C29H48N8O2/c30-25-33-28(34-27-13-16-31-17-14-27)32-15-8-3-1-2-4-9-19-37(20-10-18-36-21-23-39-24-22-36)29(38)35-26-11-6-5-7-12-26/h13-14,16-17,26H,1-12,15,18-24H2,(H,35,38)(H2,31,32,33,34). The molecule has 2 aliphatic rings. The zero-order valence-electron chi connectivity index (χ0n) is 23.6. The van der Waals surface area contributed by atoms with Gasteiger partial charge in [0, 0.05) is 63.4 Å². The first-order valence-corrected chi connectivity index (χ1v) is 15.0. The largest absolute Gasteiger partial charge is 0.379 e. The number of anilines is 1. The number of ether oxygens (including phenoxy) is 1. The summed E-state index contributed by atoms with van der Waals surface area (Å²) in [5, 5.41) is 18.6. The van der Waals surface area contributed by atoms with Crippen LogP contribution in [0.3, 0.4) is 0 Å². The Balaban J connectivity index is 1.28. The highest BCUT2D eigenvalue weighted by atomic mass is 16.5. The number of unbranched alkanes of at least 4 members (excludes halogenated alkanes) is 5. The van der Waals surface area contributed by atoms with Crippen molar-refractivity contribution in [3.05, 3.63) is 24.5 Å². The van der Waals surface area contributed by atoms with Crippen LogP contribution in [0.15, 0.2) is 29.5 Å². The molecule has 1 saturated carbocycles. The number of nitrogens with zero attached hydrogens (tertiary/aromatic N) is 5. The molecule has 2 fully saturated rings. The molecule has 0 bridgehead atoms. The Morgan fingerprint density at radius 1 is 1.03 bits per heavy atom. The van der Waals surface area contributed by atoms with Crippen molar-refractivity contribution in [1.82, 2.24) is 25.4 Å². The lowest BCUT2D eigenvalue weighted by atomic mass is 9.96. The van der Waals surface area contributed by atoms with Crippen LogP contribution in [0.25, 0.3) is 0 Å². The molecule has 2 heterocycles. The van der Waals surface area contributed by atoms with E-state index in [1.165, 1.54) is 25.7 Å². The summed E-state index contributed by atoms with van der Waals surface area (Å²) in [4.78, 5) is 25.4. The van der Waals surface area contributed by atoms with E-state index in [9.17, 15) is 4.79 Å². The number of hydrogen-bond donors (Lipinski definition) is 3. The molecule has 0 unspecified atom stereocenters. The van der Waals surface area contributed by atoms with E-state index in [0.29, 0.717) is 12.0 Å². The number of nitrogens with one attached hydrogen (secondary N) is 3. The summed E-state index contributed by atoms with van der Waals surface area (Å²) < 4.78 is 5.46. The van der Waals surface area contributed by atoms with E-state index < -0.39 is 0 Å². The van der Waals surface area contributed by atoms with Crippen molar-refractivity contribution in [3.63, 3.8) is 0 Å². The molecule has 3 N–H and O–H groups in total. The van der Waals surface area contributed by atoms with E-state index in [4.69, 9.17) is 10.00 Å². The van der Waals surface area contributed by atoms with Crippen molar-refractivity contribution in [1.29, 1.82) is 5.26 Å².